The van der Waals surface area contributed by atoms with Crippen molar-refractivity contribution in [2.75, 3.05) is 6.61 Å². The lowest BCUT2D eigenvalue weighted by Crippen LogP contribution is -2.33. The Balaban J connectivity index is 1.61. The van der Waals surface area contributed by atoms with Crippen LogP contribution in [0.3, 0.4) is 0 Å². The van der Waals surface area contributed by atoms with Gasteiger partial charge in [-0.2, -0.15) is 5.26 Å². The number of nitrogens with zero attached hydrogens (tertiary/aromatic N) is 1. The molecule has 0 aliphatic carbocycles. The largest absolute Gasteiger partial charge is 0.493 e. The first-order valence-corrected chi connectivity index (χ1v) is 7.09. The van der Waals surface area contributed by atoms with Crippen LogP contribution in [0, 0.1) is 16.7 Å². The first-order chi connectivity index (χ1) is 9.31. The minimum Gasteiger partial charge on any atom is -0.493 e. The van der Waals surface area contributed by atoms with Gasteiger partial charge in [0.25, 0.3) is 0 Å². The summed E-state index contributed by atoms with van der Waals surface area (Å²) in [5, 5.41) is 9.68. The maximum absolute atomic E-state index is 9.68. The highest BCUT2D eigenvalue weighted by molar-refractivity contribution is 5.40. The molecular formula is C16H17NO2. The quantitative estimate of drug-likeness (QED) is 0.815. The van der Waals surface area contributed by atoms with Crippen LogP contribution in [-0.2, 0) is 4.74 Å². The van der Waals surface area contributed by atoms with E-state index in [0.29, 0.717) is 18.6 Å². The zero-order chi connectivity index (χ0) is 12.9. The van der Waals surface area contributed by atoms with E-state index in [2.05, 4.69) is 18.2 Å². The van der Waals surface area contributed by atoms with E-state index < -0.39 is 0 Å². The minimum atomic E-state index is -0.283. The molecule has 3 aliphatic heterocycles. The fraction of sp³-hybridized carbons (Fsp3) is 0.562. The van der Waals surface area contributed by atoms with E-state index in [1.807, 2.05) is 12.1 Å². The van der Waals surface area contributed by atoms with Gasteiger partial charge in [-0.05, 0) is 31.7 Å². The Morgan fingerprint density at radius 2 is 2.21 bits per heavy atom. The Morgan fingerprint density at radius 3 is 2.95 bits per heavy atom. The molecule has 2 saturated heterocycles. The number of nitriles is 1. The lowest BCUT2D eigenvalue weighted by molar-refractivity contribution is 0.0732. The molecule has 0 radical (unpaired) electrons. The molecule has 3 heteroatoms. The van der Waals surface area contributed by atoms with Crippen LogP contribution in [0.1, 0.15) is 37.2 Å². The number of fused-ring (bicyclic) bond motifs is 3. The number of para-hydroxylation sites is 1. The molecular weight excluding hydrogens is 238 g/mol. The van der Waals surface area contributed by atoms with Crippen molar-refractivity contribution in [1.29, 1.82) is 5.26 Å². The highest BCUT2D eigenvalue weighted by Gasteiger charge is 2.54. The van der Waals surface area contributed by atoms with E-state index in [0.717, 1.165) is 31.4 Å². The lowest BCUT2D eigenvalue weighted by Gasteiger charge is -2.30. The third kappa shape index (κ3) is 1.60. The molecule has 4 atom stereocenters. The van der Waals surface area contributed by atoms with Gasteiger partial charge < -0.3 is 9.47 Å². The van der Waals surface area contributed by atoms with Crippen LogP contribution in [-0.4, -0.2) is 18.8 Å². The van der Waals surface area contributed by atoms with Crippen LogP contribution < -0.4 is 4.74 Å². The van der Waals surface area contributed by atoms with E-state index in [-0.39, 0.29) is 11.5 Å². The molecule has 2 fully saturated rings. The molecule has 1 aromatic carbocycles. The Kier molecular flexibility index (Phi) is 2.37. The molecule has 19 heavy (non-hydrogen) atoms. The molecule has 3 heterocycles. The van der Waals surface area contributed by atoms with Crippen molar-refractivity contribution in [3.63, 3.8) is 0 Å². The Labute approximate surface area is 113 Å². The smallest absolute Gasteiger partial charge is 0.122 e. The average molecular weight is 255 g/mol. The van der Waals surface area contributed by atoms with Gasteiger partial charge in [-0.15, -0.1) is 0 Å². The molecule has 4 rings (SSSR count). The van der Waals surface area contributed by atoms with Crippen LogP contribution in [0.5, 0.6) is 5.75 Å². The van der Waals surface area contributed by atoms with E-state index in [1.54, 1.807) is 0 Å². The monoisotopic (exact) mass is 255 g/mol. The predicted octanol–water partition coefficient (Wildman–Crippen LogP) is 3.01. The van der Waals surface area contributed by atoms with Gasteiger partial charge in [-0.3, -0.25) is 0 Å². The first kappa shape index (κ1) is 11.3. The Bertz CT molecular complexity index is 550. The number of hydrogen-bond acceptors (Lipinski definition) is 3. The summed E-state index contributed by atoms with van der Waals surface area (Å²) in [6.45, 7) is 0.708. The standard InChI is InChI=1S/C16H17NO2/c17-10-16(8-12-5-6-15(16)19-12)7-11-9-18-14-4-2-1-3-13(11)14/h1-4,11-12,15H,5-9H2. The van der Waals surface area contributed by atoms with E-state index >= 15 is 0 Å². The molecule has 98 valence electrons. The summed E-state index contributed by atoms with van der Waals surface area (Å²) < 4.78 is 11.7. The number of ether oxygens (including phenoxy) is 2. The van der Waals surface area contributed by atoms with Gasteiger partial charge in [0.05, 0.1) is 30.3 Å². The molecule has 3 aliphatic rings. The fourth-order valence-corrected chi connectivity index (χ4v) is 4.02. The van der Waals surface area contributed by atoms with Crippen molar-refractivity contribution in [1.82, 2.24) is 0 Å². The Hall–Kier alpha value is -1.53. The van der Waals surface area contributed by atoms with Gasteiger partial charge in [0.2, 0.25) is 0 Å². The van der Waals surface area contributed by atoms with Crippen molar-refractivity contribution in [2.24, 2.45) is 5.41 Å². The average Bonchev–Trinajstić information content (AvgIpc) is 3.14. The van der Waals surface area contributed by atoms with Crippen molar-refractivity contribution in [3.8, 4) is 11.8 Å². The summed E-state index contributed by atoms with van der Waals surface area (Å²) in [6, 6.07) is 10.8. The molecule has 0 amide bonds. The second-order valence-corrected chi connectivity index (χ2v) is 6.05. The molecule has 1 aromatic rings. The number of rotatable bonds is 2. The normalized spacial score (nSPS) is 38.8. The second kappa shape index (κ2) is 3.98. The van der Waals surface area contributed by atoms with Gasteiger partial charge in [-0.1, -0.05) is 18.2 Å². The van der Waals surface area contributed by atoms with Gasteiger partial charge >= 0.3 is 0 Å². The van der Waals surface area contributed by atoms with Crippen molar-refractivity contribution in [3.05, 3.63) is 29.8 Å². The number of benzene rings is 1. The molecule has 0 N–H and O–H groups in total. The predicted molar refractivity (Wildman–Crippen MR) is 69.9 cm³/mol. The van der Waals surface area contributed by atoms with Crippen LogP contribution in [0.2, 0.25) is 0 Å². The van der Waals surface area contributed by atoms with Crippen LogP contribution >= 0.6 is 0 Å². The van der Waals surface area contributed by atoms with Gasteiger partial charge in [0, 0.05) is 11.5 Å². The summed E-state index contributed by atoms with van der Waals surface area (Å²) in [7, 11) is 0. The second-order valence-electron chi connectivity index (χ2n) is 6.05. The fourth-order valence-electron chi connectivity index (χ4n) is 4.02. The van der Waals surface area contributed by atoms with Crippen LogP contribution in [0.15, 0.2) is 24.3 Å². The summed E-state index contributed by atoms with van der Waals surface area (Å²) in [4.78, 5) is 0. The van der Waals surface area contributed by atoms with Gasteiger partial charge in [0.1, 0.15) is 5.75 Å². The zero-order valence-electron chi connectivity index (χ0n) is 10.8. The SMILES string of the molecule is N#CC1(CC2COc3ccccc32)CC2CCC1O2. The minimum absolute atomic E-state index is 0.148. The summed E-state index contributed by atoms with van der Waals surface area (Å²) in [5.41, 5.74) is 0.980. The molecule has 2 bridgehead atoms. The highest BCUT2D eigenvalue weighted by Crippen LogP contribution is 2.53. The summed E-state index contributed by atoms with van der Waals surface area (Å²) in [6.07, 6.45) is 4.44. The van der Waals surface area contributed by atoms with Crippen molar-refractivity contribution < 1.29 is 9.47 Å². The maximum atomic E-state index is 9.68. The third-order valence-corrected chi connectivity index (χ3v) is 4.95. The van der Waals surface area contributed by atoms with E-state index in [4.69, 9.17) is 9.47 Å². The third-order valence-electron chi connectivity index (χ3n) is 4.95. The number of hydrogen-bond donors (Lipinski definition) is 0. The van der Waals surface area contributed by atoms with E-state index in [1.165, 1.54) is 5.56 Å². The summed E-state index contributed by atoms with van der Waals surface area (Å²) in [5.74, 6) is 1.34. The van der Waals surface area contributed by atoms with Crippen molar-refractivity contribution in [2.45, 2.75) is 43.8 Å². The van der Waals surface area contributed by atoms with Gasteiger partial charge in [0.15, 0.2) is 0 Å². The first-order valence-electron chi connectivity index (χ1n) is 7.09. The molecule has 3 nitrogen and oxygen atoms in total. The molecule has 4 unspecified atom stereocenters. The topological polar surface area (TPSA) is 42.2 Å². The van der Waals surface area contributed by atoms with Crippen LogP contribution in [0.25, 0.3) is 0 Å². The lowest BCUT2D eigenvalue weighted by atomic mass is 9.69. The van der Waals surface area contributed by atoms with Crippen molar-refractivity contribution >= 4 is 0 Å². The molecule has 0 saturated carbocycles. The van der Waals surface area contributed by atoms with Crippen LogP contribution in [0.4, 0.5) is 0 Å². The molecule has 0 spiro atoms. The van der Waals surface area contributed by atoms with Gasteiger partial charge in [-0.25, -0.2) is 0 Å². The Morgan fingerprint density at radius 1 is 1.32 bits per heavy atom. The van der Waals surface area contributed by atoms with E-state index in [9.17, 15) is 5.26 Å². The highest BCUT2D eigenvalue weighted by atomic mass is 16.5. The molecule has 0 aromatic heterocycles. The summed E-state index contributed by atoms with van der Waals surface area (Å²) >= 11 is 0. The maximum Gasteiger partial charge on any atom is 0.122 e. The zero-order valence-corrected chi connectivity index (χ0v) is 10.8.